The third kappa shape index (κ3) is 4.71. The summed E-state index contributed by atoms with van der Waals surface area (Å²) in [4.78, 5) is 6.51. The zero-order chi connectivity index (χ0) is 12.7. The number of aliphatic hydroxyl groups excluding tert-OH is 1. The van der Waals surface area contributed by atoms with Gasteiger partial charge in [-0.3, -0.25) is 4.98 Å². The van der Waals surface area contributed by atoms with E-state index in [2.05, 4.69) is 23.0 Å². The predicted molar refractivity (Wildman–Crippen MR) is 71.0 cm³/mol. The van der Waals surface area contributed by atoms with Gasteiger partial charge >= 0.3 is 0 Å². The Hall–Kier alpha value is -1.13. The number of nitrogens with zero attached hydrogens (tertiary/aromatic N) is 2. The number of hydrogen-bond donors (Lipinski definition) is 2. The Balaban J connectivity index is 2.43. The Morgan fingerprint density at radius 1 is 1.35 bits per heavy atom. The Morgan fingerprint density at radius 3 is 2.65 bits per heavy atom. The number of aliphatic hydroxyl groups is 1. The largest absolute Gasteiger partial charge is 0.396 e. The fourth-order valence-corrected chi connectivity index (χ4v) is 1.66. The van der Waals surface area contributed by atoms with Crippen LogP contribution in [-0.2, 0) is 0 Å². The number of pyridine rings is 1. The van der Waals surface area contributed by atoms with E-state index in [9.17, 15) is 0 Å². The van der Waals surface area contributed by atoms with Crippen molar-refractivity contribution in [3.8, 4) is 0 Å². The van der Waals surface area contributed by atoms with E-state index in [1.165, 1.54) is 0 Å². The van der Waals surface area contributed by atoms with Gasteiger partial charge in [0.15, 0.2) is 0 Å². The average molecular weight is 237 g/mol. The van der Waals surface area contributed by atoms with E-state index in [0.29, 0.717) is 0 Å². The highest BCUT2D eigenvalue weighted by atomic mass is 16.2. The van der Waals surface area contributed by atoms with Crippen LogP contribution in [0.5, 0.6) is 0 Å². The molecule has 1 aromatic heterocycles. The van der Waals surface area contributed by atoms with Gasteiger partial charge in [0, 0.05) is 26.2 Å². The van der Waals surface area contributed by atoms with Crippen LogP contribution in [0.15, 0.2) is 18.3 Å². The molecular weight excluding hydrogens is 214 g/mol. The predicted octanol–water partition coefficient (Wildman–Crippen LogP) is 1.70. The van der Waals surface area contributed by atoms with E-state index < -0.39 is 0 Å². The molecule has 0 fully saturated rings. The van der Waals surface area contributed by atoms with Crippen LogP contribution in [0, 0.1) is 0 Å². The van der Waals surface area contributed by atoms with Crippen LogP contribution in [0.25, 0.3) is 0 Å². The molecule has 1 atom stereocenters. The van der Waals surface area contributed by atoms with Gasteiger partial charge in [-0.05, 0) is 38.3 Å². The lowest BCUT2D eigenvalue weighted by molar-refractivity contribution is 0.283. The lowest BCUT2D eigenvalue weighted by atomic mass is 10.2. The van der Waals surface area contributed by atoms with Crippen molar-refractivity contribution in [2.45, 2.75) is 32.2 Å². The minimum absolute atomic E-state index is 0.0149. The highest BCUT2D eigenvalue weighted by Crippen LogP contribution is 2.14. The Kier molecular flexibility index (Phi) is 5.94. The Bertz CT molecular complexity index is 311. The molecule has 0 bridgehead atoms. The Morgan fingerprint density at radius 2 is 2.12 bits per heavy atom. The Labute approximate surface area is 103 Å². The molecule has 0 amide bonds. The van der Waals surface area contributed by atoms with Crippen LogP contribution in [0.2, 0.25) is 0 Å². The van der Waals surface area contributed by atoms with E-state index >= 15 is 0 Å². The van der Waals surface area contributed by atoms with E-state index in [0.717, 1.165) is 37.2 Å². The molecule has 0 saturated carbocycles. The molecule has 4 heteroatoms. The first kappa shape index (κ1) is 13.9. The van der Waals surface area contributed by atoms with Crippen LogP contribution < -0.4 is 10.6 Å². The summed E-state index contributed by atoms with van der Waals surface area (Å²) in [6.07, 6.45) is 4.90. The number of aromatic nitrogens is 1. The molecule has 1 aromatic rings. The second-order valence-corrected chi connectivity index (χ2v) is 4.44. The van der Waals surface area contributed by atoms with Gasteiger partial charge in [0.1, 0.15) is 0 Å². The van der Waals surface area contributed by atoms with E-state index in [4.69, 9.17) is 10.8 Å². The summed E-state index contributed by atoms with van der Waals surface area (Å²) in [7, 11) is 2.06. The van der Waals surface area contributed by atoms with Crippen molar-refractivity contribution in [3.63, 3.8) is 0 Å². The van der Waals surface area contributed by atoms with Crippen molar-refractivity contribution in [2.24, 2.45) is 5.73 Å². The smallest absolute Gasteiger partial charge is 0.0569 e. The zero-order valence-electron chi connectivity index (χ0n) is 10.8. The fourth-order valence-electron chi connectivity index (χ4n) is 1.66. The van der Waals surface area contributed by atoms with Crippen LogP contribution in [0.1, 0.15) is 37.9 Å². The molecule has 96 valence electrons. The third-order valence-corrected chi connectivity index (χ3v) is 2.83. The van der Waals surface area contributed by atoms with Crippen LogP contribution >= 0.6 is 0 Å². The summed E-state index contributed by atoms with van der Waals surface area (Å²) in [5, 5.41) is 8.70. The molecular formula is C13H23N3O. The summed E-state index contributed by atoms with van der Waals surface area (Å²) >= 11 is 0. The number of unbranched alkanes of at least 4 members (excludes halogenated alkanes) is 2. The minimum atomic E-state index is -0.0149. The standard InChI is InChI=1S/C13H23N3O/c1-11(14)13-7-6-12(10-15-13)16(2)8-4-3-5-9-17/h6-7,10-11,17H,3-5,8-9,14H2,1-2H3. The van der Waals surface area contributed by atoms with Crippen LogP contribution in [0.4, 0.5) is 5.69 Å². The van der Waals surface area contributed by atoms with Gasteiger partial charge < -0.3 is 15.7 Å². The third-order valence-electron chi connectivity index (χ3n) is 2.83. The summed E-state index contributed by atoms with van der Waals surface area (Å²) in [5.74, 6) is 0. The summed E-state index contributed by atoms with van der Waals surface area (Å²) in [6.45, 7) is 3.20. The van der Waals surface area contributed by atoms with Crippen molar-refractivity contribution < 1.29 is 5.11 Å². The SMILES string of the molecule is CC(N)c1ccc(N(C)CCCCCO)cn1. The second kappa shape index (κ2) is 7.25. The van der Waals surface area contributed by atoms with Crippen LogP contribution in [0.3, 0.4) is 0 Å². The first-order valence-corrected chi connectivity index (χ1v) is 6.18. The summed E-state index contributed by atoms with van der Waals surface area (Å²) in [6, 6.07) is 4.01. The van der Waals surface area contributed by atoms with Gasteiger partial charge in [-0.1, -0.05) is 0 Å². The summed E-state index contributed by atoms with van der Waals surface area (Å²) in [5.41, 5.74) is 7.78. The molecule has 0 aliphatic heterocycles. The quantitative estimate of drug-likeness (QED) is 0.709. The van der Waals surface area contributed by atoms with Crippen molar-refractivity contribution in [1.29, 1.82) is 0 Å². The van der Waals surface area contributed by atoms with E-state index in [1.807, 2.05) is 19.2 Å². The summed E-state index contributed by atoms with van der Waals surface area (Å²) < 4.78 is 0. The molecule has 17 heavy (non-hydrogen) atoms. The second-order valence-electron chi connectivity index (χ2n) is 4.44. The van der Waals surface area contributed by atoms with Gasteiger partial charge in [-0.25, -0.2) is 0 Å². The van der Waals surface area contributed by atoms with Gasteiger partial charge in [0.05, 0.1) is 17.6 Å². The number of nitrogens with two attached hydrogens (primary N) is 1. The number of anilines is 1. The fraction of sp³-hybridized carbons (Fsp3) is 0.615. The molecule has 1 rings (SSSR count). The maximum atomic E-state index is 8.70. The van der Waals surface area contributed by atoms with Gasteiger partial charge in [-0.2, -0.15) is 0 Å². The lowest BCUT2D eigenvalue weighted by Gasteiger charge is -2.19. The molecule has 0 saturated heterocycles. The molecule has 0 radical (unpaired) electrons. The maximum absolute atomic E-state index is 8.70. The average Bonchev–Trinajstić information content (AvgIpc) is 2.34. The number of rotatable bonds is 7. The highest BCUT2D eigenvalue weighted by molar-refractivity contribution is 5.43. The molecule has 0 aliphatic rings. The highest BCUT2D eigenvalue weighted by Gasteiger charge is 2.03. The molecule has 3 N–H and O–H groups in total. The van der Waals surface area contributed by atoms with Crippen molar-refractivity contribution in [2.75, 3.05) is 25.1 Å². The topological polar surface area (TPSA) is 62.4 Å². The monoisotopic (exact) mass is 237 g/mol. The van der Waals surface area contributed by atoms with Gasteiger partial charge in [0.2, 0.25) is 0 Å². The van der Waals surface area contributed by atoms with E-state index in [1.54, 1.807) is 0 Å². The van der Waals surface area contributed by atoms with Crippen molar-refractivity contribution in [1.82, 2.24) is 4.98 Å². The molecule has 1 heterocycles. The first-order chi connectivity index (χ1) is 8.15. The molecule has 4 nitrogen and oxygen atoms in total. The van der Waals surface area contributed by atoms with Crippen molar-refractivity contribution >= 4 is 5.69 Å². The molecule has 0 spiro atoms. The van der Waals surface area contributed by atoms with Crippen molar-refractivity contribution in [3.05, 3.63) is 24.0 Å². The molecule has 0 aromatic carbocycles. The van der Waals surface area contributed by atoms with Gasteiger partial charge in [-0.15, -0.1) is 0 Å². The maximum Gasteiger partial charge on any atom is 0.0569 e. The first-order valence-electron chi connectivity index (χ1n) is 6.18. The number of hydrogen-bond acceptors (Lipinski definition) is 4. The van der Waals surface area contributed by atoms with Crippen LogP contribution in [-0.4, -0.2) is 30.3 Å². The minimum Gasteiger partial charge on any atom is -0.396 e. The lowest BCUT2D eigenvalue weighted by Crippen LogP contribution is -2.19. The van der Waals surface area contributed by atoms with Gasteiger partial charge in [0.25, 0.3) is 0 Å². The molecule has 0 aliphatic carbocycles. The normalized spacial score (nSPS) is 12.5. The molecule has 1 unspecified atom stereocenters. The zero-order valence-corrected chi connectivity index (χ0v) is 10.8. The van der Waals surface area contributed by atoms with E-state index in [-0.39, 0.29) is 12.6 Å².